The van der Waals surface area contributed by atoms with Gasteiger partial charge in [-0.25, -0.2) is 4.90 Å². The number of carbonyl (C=O) groups is 4. The Hall–Kier alpha value is -3.30. The fourth-order valence-corrected chi connectivity index (χ4v) is 5.46. The van der Waals surface area contributed by atoms with Crippen molar-refractivity contribution in [2.24, 2.45) is 11.8 Å². The molecule has 3 amide bonds. The first-order valence-corrected chi connectivity index (χ1v) is 12.2. The average molecular weight is 515 g/mol. The minimum absolute atomic E-state index is 0.0530. The van der Waals surface area contributed by atoms with Crippen LogP contribution in [0, 0.1) is 11.8 Å². The Morgan fingerprint density at radius 3 is 2.40 bits per heavy atom. The van der Waals surface area contributed by atoms with Crippen molar-refractivity contribution in [2.75, 3.05) is 17.3 Å². The van der Waals surface area contributed by atoms with E-state index in [2.05, 4.69) is 5.32 Å². The number of ether oxygens (including phenoxy) is 1. The van der Waals surface area contributed by atoms with E-state index in [1.807, 2.05) is 6.08 Å². The van der Waals surface area contributed by atoms with Crippen LogP contribution in [-0.2, 0) is 19.2 Å². The molecule has 0 radical (unpaired) electrons. The minimum atomic E-state index is -0.983. The zero-order valence-electron chi connectivity index (χ0n) is 18.8. The van der Waals surface area contributed by atoms with Crippen molar-refractivity contribution in [1.29, 1.82) is 0 Å². The van der Waals surface area contributed by atoms with Crippen LogP contribution in [0.2, 0.25) is 5.02 Å². The second-order valence-corrected chi connectivity index (χ2v) is 9.89. The highest BCUT2D eigenvalue weighted by atomic mass is 35.5. The van der Waals surface area contributed by atoms with E-state index in [-0.39, 0.29) is 24.1 Å². The molecule has 4 rings (SSSR count). The molecule has 0 unspecified atom stereocenters. The van der Waals surface area contributed by atoms with Gasteiger partial charge in [-0.1, -0.05) is 23.8 Å². The molecule has 35 heavy (non-hydrogen) atoms. The Kier molecular flexibility index (Phi) is 7.47. The zero-order chi connectivity index (χ0) is 25.1. The van der Waals surface area contributed by atoms with Crippen LogP contribution in [0.4, 0.5) is 11.4 Å². The number of benzene rings is 2. The molecule has 0 spiro atoms. The lowest BCUT2D eigenvalue weighted by Gasteiger charge is -2.24. The summed E-state index contributed by atoms with van der Waals surface area (Å²) in [5.41, 5.74) is 0.922. The van der Waals surface area contributed by atoms with Crippen molar-refractivity contribution in [3.8, 4) is 5.75 Å². The predicted molar refractivity (Wildman–Crippen MR) is 133 cm³/mol. The number of thioether (sulfide) groups is 1. The molecule has 8 nitrogen and oxygen atoms in total. The number of halogens is 1. The summed E-state index contributed by atoms with van der Waals surface area (Å²) in [5.74, 6) is -2.90. The first-order chi connectivity index (χ1) is 16.8. The molecule has 3 atom stereocenters. The number of nitrogens with zero attached hydrogens (tertiary/aromatic N) is 1. The summed E-state index contributed by atoms with van der Waals surface area (Å²) in [7, 11) is 1.48. The van der Waals surface area contributed by atoms with Gasteiger partial charge >= 0.3 is 5.97 Å². The number of allylic oxidation sites excluding steroid dienone is 2. The summed E-state index contributed by atoms with van der Waals surface area (Å²) in [6.45, 7) is 0. The Bertz CT molecular complexity index is 1200. The van der Waals surface area contributed by atoms with Crippen LogP contribution < -0.4 is 15.0 Å². The highest BCUT2D eigenvalue weighted by Crippen LogP contribution is 2.37. The number of amides is 3. The Labute approximate surface area is 211 Å². The van der Waals surface area contributed by atoms with Gasteiger partial charge < -0.3 is 15.2 Å². The lowest BCUT2D eigenvalue weighted by atomic mass is 9.82. The van der Waals surface area contributed by atoms with E-state index < -0.39 is 23.1 Å². The summed E-state index contributed by atoms with van der Waals surface area (Å²) in [4.78, 5) is 51.5. The third-order valence-electron chi connectivity index (χ3n) is 5.99. The van der Waals surface area contributed by atoms with Gasteiger partial charge in [-0.05, 0) is 55.3 Å². The normalized spacial score (nSPS) is 21.8. The number of nitrogens with one attached hydrogen (secondary N) is 1. The second-order valence-electron chi connectivity index (χ2n) is 8.20. The van der Waals surface area contributed by atoms with E-state index in [0.29, 0.717) is 35.0 Å². The maximum absolute atomic E-state index is 13.0. The molecule has 1 aliphatic carbocycles. The highest BCUT2D eigenvalue weighted by molar-refractivity contribution is 8.00. The average Bonchev–Trinajstić information content (AvgIpc) is 3.12. The molecule has 1 saturated heterocycles. The number of hydrogen-bond acceptors (Lipinski definition) is 6. The zero-order valence-corrected chi connectivity index (χ0v) is 20.3. The summed E-state index contributed by atoms with van der Waals surface area (Å²) in [5, 5.41) is 11.9. The van der Waals surface area contributed by atoms with E-state index in [4.69, 9.17) is 16.3 Å². The quantitative estimate of drug-likeness (QED) is 0.416. The third-order valence-corrected chi connectivity index (χ3v) is 7.48. The van der Waals surface area contributed by atoms with E-state index in [0.717, 1.165) is 9.80 Å². The Morgan fingerprint density at radius 2 is 1.77 bits per heavy atom. The number of rotatable bonds is 7. The molecule has 0 bridgehead atoms. The molecule has 2 aromatic rings. The van der Waals surface area contributed by atoms with E-state index in [1.165, 1.54) is 24.9 Å². The van der Waals surface area contributed by atoms with Crippen LogP contribution in [0.25, 0.3) is 0 Å². The first-order valence-electron chi connectivity index (χ1n) is 10.9. The fourth-order valence-electron chi connectivity index (χ4n) is 4.15. The second kappa shape index (κ2) is 10.5. The van der Waals surface area contributed by atoms with Crippen molar-refractivity contribution in [1.82, 2.24) is 0 Å². The van der Waals surface area contributed by atoms with Gasteiger partial charge in [0.1, 0.15) is 5.75 Å². The third kappa shape index (κ3) is 5.36. The topological polar surface area (TPSA) is 113 Å². The van der Waals surface area contributed by atoms with Crippen LogP contribution >= 0.6 is 23.4 Å². The highest BCUT2D eigenvalue weighted by Gasteiger charge is 2.40. The molecule has 1 fully saturated rings. The van der Waals surface area contributed by atoms with Crippen LogP contribution in [0.3, 0.4) is 0 Å². The predicted octanol–water partition coefficient (Wildman–Crippen LogP) is 4.38. The molecule has 2 N–H and O–H groups in total. The van der Waals surface area contributed by atoms with Gasteiger partial charge in [0.25, 0.3) is 0 Å². The molecule has 0 saturated carbocycles. The smallest absolute Gasteiger partial charge is 0.307 e. The molecule has 1 heterocycles. The monoisotopic (exact) mass is 514 g/mol. The number of hydrogen-bond donors (Lipinski definition) is 2. The van der Waals surface area contributed by atoms with Gasteiger partial charge in [0, 0.05) is 17.0 Å². The van der Waals surface area contributed by atoms with Gasteiger partial charge in [0.05, 0.1) is 34.9 Å². The van der Waals surface area contributed by atoms with Gasteiger partial charge in [-0.3, -0.25) is 19.2 Å². The molecule has 1 aliphatic heterocycles. The number of carboxylic acid groups (broad SMARTS) is 1. The van der Waals surface area contributed by atoms with Crippen molar-refractivity contribution in [2.45, 2.75) is 29.4 Å². The molecular weight excluding hydrogens is 492 g/mol. The number of imide groups is 1. The van der Waals surface area contributed by atoms with Gasteiger partial charge in [0.15, 0.2) is 0 Å². The van der Waals surface area contributed by atoms with E-state index in [9.17, 15) is 24.3 Å². The maximum Gasteiger partial charge on any atom is 0.307 e. The molecule has 182 valence electrons. The number of methoxy groups -OCH3 is 1. The molecule has 0 aromatic heterocycles. The first kappa shape index (κ1) is 24.8. The molecular formula is C25H23ClN2O6S. The summed E-state index contributed by atoms with van der Waals surface area (Å²) in [6.07, 6.45) is 4.37. The number of aliphatic carboxylic acids is 1. The van der Waals surface area contributed by atoms with Crippen LogP contribution in [0.1, 0.15) is 19.3 Å². The van der Waals surface area contributed by atoms with Crippen molar-refractivity contribution < 1.29 is 29.0 Å². The van der Waals surface area contributed by atoms with Gasteiger partial charge in [0.2, 0.25) is 17.7 Å². The number of anilines is 2. The molecule has 10 heteroatoms. The number of carboxylic acids is 1. The lowest BCUT2D eigenvalue weighted by Crippen LogP contribution is -2.34. The van der Waals surface area contributed by atoms with Crippen LogP contribution in [-0.4, -0.2) is 41.2 Å². The SMILES string of the molecule is COc1ccc(N2C(=O)C[C@@H](Sc3ccc(NC(=O)[C@H]4CC=CC[C@@H]4C(=O)O)cc3)C2=O)cc1Cl. The van der Waals surface area contributed by atoms with E-state index >= 15 is 0 Å². The maximum atomic E-state index is 13.0. The van der Waals surface area contributed by atoms with Gasteiger partial charge in [-0.2, -0.15) is 0 Å². The van der Waals surface area contributed by atoms with Crippen molar-refractivity contribution >= 4 is 58.4 Å². The standard InChI is InChI=1S/C25H23ClN2O6S/c1-34-20-11-8-15(12-19(20)26)28-22(29)13-21(24(28)31)35-16-9-6-14(7-10-16)27-23(30)17-4-2-3-5-18(17)25(32)33/h2-3,6-12,17-18,21H,4-5,13H2,1H3,(H,27,30)(H,32,33)/t17-,18-,21+/m0/s1. The van der Waals surface area contributed by atoms with Gasteiger partial charge in [-0.15, -0.1) is 11.8 Å². The van der Waals surface area contributed by atoms with Crippen LogP contribution in [0.5, 0.6) is 5.75 Å². The Balaban J connectivity index is 1.40. The van der Waals surface area contributed by atoms with E-state index in [1.54, 1.807) is 42.5 Å². The van der Waals surface area contributed by atoms with Crippen LogP contribution in [0.15, 0.2) is 59.5 Å². The van der Waals surface area contributed by atoms with Crippen molar-refractivity contribution in [3.63, 3.8) is 0 Å². The molecule has 2 aliphatic rings. The largest absolute Gasteiger partial charge is 0.495 e. The number of carbonyl (C=O) groups excluding carboxylic acids is 3. The summed E-state index contributed by atoms with van der Waals surface area (Å²) < 4.78 is 5.12. The van der Waals surface area contributed by atoms with Crippen molar-refractivity contribution in [3.05, 3.63) is 59.6 Å². The fraction of sp³-hybridized carbons (Fsp3) is 0.280. The minimum Gasteiger partial charge on any atom is -0.495 e. The molecule has 2 aromatic carbocycles. The summed E-state index contributed by atoms with van der Waals surface area (Å²) >= 11 is 7.42. The lowest BCUT2D eigenvalue weighted by molar-refractivity contribution is -0.146. The Morgan fingerprint density at radius 1 is 1.09 bits per heavy atom. The summed E-state index contributed by atoms with van der Waals surface area (Å²) in [6, 6.07) is 11.6.